The van der Waals surface area contributed by atoms with Gasteiger partial charge >= 0.3 is 0 Å². The molecule has 0 radical (unpaired) electrons. The Balaban J connectivity index is 1.44. The summed E-state index contributed by atoms with van der Waals surface area (Å²) >= 11 is 0. The molecule has 40 heavy (non-hydrogen) atoms. The molecule has 0 heteroatoms. The van der Waals surface area contributed by atoms with Crippen LogP contribution in [0.3, 0.4) is 0 Å². The van der Waals surface area contributed by atoms with Gasteiger partial charge in [-0.15, -0.1) is 0 Å². The van der Waals surface area contributed by atoms with E-state index < -0.39 is 0 Å². The minimum absolute atomic E-state index is 0.0561. The standard InChI is InChI=1S/C40H30/c1-39(2)33-18-17-23-11-7-8-14-26(23)36(33)31-21-35-32(22-34(31)39)37-28-16-10-9-15-27(28)29-19-24-12-5-6-13-25(24)20-30(29)38(37)40(35,3)4/h5-22H,1-4H3. The Morgan fingerprint density at radius 1 is 0.375 bits per heavy atom. The predicted molar refractivity (Wildman–Crippen MR) is 172 cm³/mol. The van der Waals surface area contributed by atoms with Crippen LogP contribution in [0.1, 0.15) is 49.9 Å². The molecule has 0 atom stereocenters. The van der Waals surface area contributed by atoms with Crippen molar-refractivity contribution in [2.75, 3.05) is 0 Å². The molecule has 2 aliphatic carbocycles. The van der Waals surface area contributed by atoms with Crippen molar-refractivity contribution in [3.8, 4) is 22.3 Å². The lowest BCUT2D eigenvalue weighted by atomic mass is 9.78. The third kappa shape index (κ3) is 2.58. The van der Waals surface area contributed by atoms with Gasteiger partial charge in [-0.2, -0.15) is 0 Å². The summed E-state index contributed by atoms with van der Waals surface area (Å²) in [6, 6.07) is 41.4. The van der Waals surface area contributed by atoms with E-state index in [-0.39, 0.29) is 10.8 Å². The molecule has 0 bridgehead atoms. The highest BCUT2D eigenvalue weighted by Crippen LogP contribution is 2.59. The van der Waals surface area contributed by atoms with Crippen LogP contribution in [-0.2, 0) is 10.8 Å². The van der Waals surface area contributed by atoms with Crippen LogP contribution >= 0.6 is 0 Å². The number of hydrogen-bond donors (Lipinski definition) is 0. The van der Waals surface area contributed by atoms with Crippen molar-refractivity contribution in [3.63, 3.8) is 0 Å². The predicted octanol–water partition coefficient (Wildman–Crippen LogP) is 10.9. The molecule has 0 unspecified atom stereocenters. The molecule has 0 saturated heterocycles. The Morgan fingerprint density at radius 3 is 1.65 bits per heavy atom. The first kappa shape index (κ1) is 22.4. The molecule has 0 heterocycles. The Labute approximate surface area is 234 Å². The first-order chi connectivity index (χ1) is 19.4. The van der Waals surface area contributed by atoms with Crippen LogP contribution in [0.25, 0.3) is 65.3 Å². The SMILES string of the molecule is CC1(C)c2cc3c(cc2-c2c1ccc1ccccc21)C(C)(C)c1c-3c2ccccc2c2cc3ccccc3cc12. The maximum Gasteiger partial charge on any atom is 0.0165 e. The fourth-order valence-electron chi connectivity index (χ4n) is 8.21. The zero-order valence-corrected chi connectivity index (χ0v) is 23.4. The molecule has 0 amide bonds. The average Bonchev–Trinajstić information content (AvgIpc) is 3.35. The van der Waals surface area contributed by atoms with Gasteiger partial charge in [0.2, 0.25) is 0 Å². The monoisotopic (exact) mass is 510 g/mol. The van der Waals surface area contributed by atoms with Gasteiger partial charge < -0.3 is 0 Å². The summed E-state index contributed by atoms with van der Waals surface area (Å²) in [5.74, 6) is 0. The number of rotatable bonds is 0. The van der Waals surface area contributed by atoms with E-state index >= 15 is 0 Å². The van der Waals surface area contributed by atoms with Gasteiger partial charge in [-0.1, -0.05) is 113 Å². The van der Waals surface area contributed by atoms with E-state index in [9.17, 15) is 0 Å². The molecule has 0 fully saturated rings. The molecule has 0 nitrogen and oxygen atoms in total. The minimum Gasteiger partial charge on any atom is -0.0616 e. The lowest BCUT2D eigenvalue weighted by molar-refractivity contribution is 0.654. The molecule has 7 aromatic carbocycles. The van der Waals surface area contributed by atoms with Gasteiger partial charge in [0.05, 0.1) is 0 Å². The van der Waals surface area contributed by atoms with Crippen LogP contribution in [0.2, 0.25) is 0 Å². The third-order valence-electron chi connectivity index (χ3n) is 10.2. The molecule has 7 aromatic rings. The Hall–Kier alpha value is -4.42. The molecular weight excluding hydrogens is 480 g/mol. The maximum absolute atomic E-state index is 2.56. The summed E-state index contributed by atoms with van der Waals surface area (Å²) < 4.78 is 0. The highest BCUT2D eigenvalue weighted by Gasteiger charge is 2.43. The fourth-order valence-corrected chi connectivity index (χ4v) is 8.21. The van der Waals surface area contributed by atoms with E-state index in [2.05, 4.69) is 137 Å². The van der Waals surface area contributed by atoms with Crippen molar-refractivity contribution in [1.82, 2.24) is 0 Å². The summed E-state index contributed by atoms with van der Waals surface area (Å²) in [6.45, 7) is 9.70. The van der Waals surface area contributed by atoms with Crippen LogP contribution < -0.4 is 0 Å². The quantitative estimate of drug-likeness (QED) is 0.141. The fraction of sp³-hybridized carbons (Fsp3) is 0.150. The van der Waals surface area contributed by atoms with Gasteiger partial charge in [-0.3, -0.25) is 0 Å². The summed E-state index contributed by atoms with van der Waals surface area (Å²) in [7, 11) is 0. The van der Waals surface area contributed by atoms with Gasteiger partial charge in [0.1, 0.15) is 0 Å². The summed E-state index contributed by atoms with van der Waals surface area (Å²) in [6.07, 6.45) is 0. The minimum atomic E-state index is -0.123. The van der Waals surface area contributed by atoms with Crippen LogP contribution in [0.4, 0.5) is 0 Å². The highest BCUT2D eigenvalue weighted by atomic mass is 14.5. The maximum atomic E-state index is 2.56. The second-order valence-electron chi connectivity index (χ2n) is 12.9. The molecule has 9 rings (SSSR count). The van der Waals surface area contributed by atoms with Crippen molar-refractivity contribution in [2.45, 2.75) is 38.5 Å². The van der Waals surface area contributed by atoms with Gasteiger partial charge in [0.15, 0.2) is 0 Å². The third-order valence-corrected chi connectivity index (χ3v) is 10.2. The molecule has 2 aliphatic rings. The second kappa shape index (κ2) is 7.20. The Bertz CT molecular complexity index is 2260. The smallest absolute Gasteiger partial charge is 0.0165 e. The van der Waals surface area contributed by atoms with E-state index in [0.717, 1.165) is 0 Å². The van der Waals surface area contributed by atoms with Crippen molar-refractivity contribution in [3.05, 3.63) is 131 Å². The van der Waals surface area contributed by atoms with Crippen LogP contribution in [-0.4, -0.2) is 0 Å². The van der Waals surface area contributed by atoms with E-state index in [1.807, 2.05) is 0 Å². The van der Waals surface area contributed by atoms with E-state index in [1.54, 1.807) is 0 Å². The van der Waals surface area contributed by atoms with Gasteiger partial charge in [-0.25, -0.2) is 0 Å². The molecule has 190 valence electrons. The van der Waals surface area contributed by atoms with Crippen molar-refractivity contribution >= 4 is 43.1 Å². The summed E-state index contributed by atoms with van der Waals surface area (Å²) in [4.78, 5) is 0. The molecule has 0 aromatic heterocycles. The van der Waals surface area contributed by atoms with Crippen LogP contribution in [0, 0.1) is 0 Å². The number of hydrogen-bond acceptors (Lipinski definition) is 0. The van der Waals surface area contributed by atoms with Crippen molar-refractivity contribution < 1.29 is 0 Å². The highest BCUT2D eigenvalue weighted by molar-refractivity contribution is 6.21. The zero-order valence-electron chi connectivity index (χ0n) is 23.4. The molecule has 0 aliphatic heterocycles. The van der Waals surface area contributed by atoms with Crippen molar-refractivity contribution in [2.24, 2.45) is 0 Å². The Morgan fingerprint density at radius 2 is 0.925 bits per heavy atom. The van der Waals surface area contributed by atoms with E-state index in [0.29, 0.717) is 0 Å². The van der Waals surface area contributed by atoms with E-state index in [1.165, 1.54) is 87.6 Å². The zero-order chi connectivity index (χ0) is 27.0. The van der Waals surface area contributed by atoms with Crippen molar-refractivity contribution in [1.29, 1.82) is 0 Å². The average molecular weight is 511 g/mol. The normalized spacial score (nSPS) is 15.9. The largest absolute Gasteiger partial charge is 0.0616 e. The summed E-state index contributed by atoms with van der Waals surface area (Å²) in [5, 5.41) is 10.8. The van der Waals surface area contributed by atoms with Gasteiger partial charge in [0, 0.05) is 10.8 Å². The van der Waals surface area contributed by atoms with Crippen LogP contribution in [0.15, 0.2) is 109 Å². The van der Waals surface area contributed by atoms with Gasteiger partial charge in [-0.05, 0) is 112 Å². The molecule has 0 saturated carbocycles. The van der Waals surface area contributed by atoms with E-state index in [4.69, 9.17) is 0 Å². The topological polar surface area (TPSA) is 0 Å². The second-order valence-corrected chi connectivity index (χ2v) is 12.9. The number of benzene rings is 7. The molecule has 0 spiro atoms. The van der Waals surface area contributed by atoms with Gasteiger partial charge in [0.25, 0.3) is 0 Å². The molecular formula is C40H30. The molecule has 0 N–H and O–H groups in total. The Kier molecular flexibility index (Phi) is 4.03. The first-order valence-electron chi connectivity index (χ1n) is 14.5. The number of fused-ring (bicyclic) bond motifs is 14. The first-order valence-corrected chi connectivity index (χ1v) is 14.5. The summed E-state index contributed by atoms with van der Waals surface area (Å²) in [5.41, 5.74) is 11.3. The van der Waals surface area contributed by atoms with Crippen LogP contribution in [0.5, 0.6) is 0 Å². The lowest BCUT2D eigenvalue weighted by Gasteiger charge is -2.25. The lowest BCUT2D eigenvalue weighted by Crippen LogP contribution is -2.17.